The number of anilines is 1. The molecule has 0 spiro atoms. The van der Waals surface area contributed by atoms with Gasteiger partial charge in [0, 0.05) is 53.5 Å². The lowest BCUT2D eigenvalue weighted by molar-refractivity contribution is -0.118. The van der Waals surface area contributed by atoms with E-state index in [0.29, 0.717) is 18.0 Å². The number of carbonyl (C=O) groups excluding carboxylic acids is 2. The maximum absolute atomic E-state index is 12.7. The number of Topliss-reactive ketones (excluding diaryl/α,β-unsaturated/α-hetero) is 1. The first-order valence-electron chi connectivity index (χ1n) is 13.2. The summed E-state index contributed by atoms with van der Waals surface area (Å²) in [5, 5.41) is 25.0. The number of nitrogens with zero attached hydrogens (tertiary/aromatic N) is 4. The maximum Gasteiger partial charge on any atom is 0.230 e. The van der Waals surface area contributed by atoms with Gasteiger partial charge in [0.1, 0.15) is 20.8 Å². The summed E-state index contributed by atoms with van der Waals surface area (Å²) >= 11 is 2.92. The van der Waals surface area contributed by atoms with E-state index in [0.717, 1.165) is 73.6 Å². The molecule has 0 atom stereocenters. The number of benzene rings is 2. The maximum atomic E-state index is 12.7. The van der Waals surface area contributed by atoms with Crippen molar-refractivity contribution >= 4 is 61.3 Å². The number of aromatic nitrogens is 6. The SMILES string of the molecule is O=C(Cc1nnc(CCCCc2nnc(NC(=O)Cc3cccc4[nH]ccc34)s2)s1)Cc1cccc2[nH]ccc12. The molecule has 1 amide bonds. The molecule has 0 aliphatic rings. The minimum atomic E-state index is -0.108. The minimum Gasteiger partial charge on any atom is -0.361 e. The van der Waals surface area contributed by atoms with Crippen molar-refractivity contribution in [2.75, 3.05) is 5.32 Å². The van der Waals surface area contributed by atoms with Gasteiger partial charge in [0.2, 0.25) is 11.0 Å². The molecule has 202 valence electrons. The molecular formula is C29H27N7O2S2. The van der Waals surface area contributed by atoms with Gasteiger partial charge >= 0.3 is 0 Å². The first kappa shape index (κ1) is 26.0. The highest BCUT2D eigenvalue weighted by molar-refractivity contribution is 7.15. The van der Waals surface area contributed by atoms with Crippen molar-refractivity contribution in [1.82, 2.24) is 30.4 Å². The molecule has 4 heterocycles. The normalized spacial score (nSPS) is 11.4. The number of nitrogens with one attached hydrogen (secondary N) is 3. The fourth-order valence-electron chi connectivity index (χ4n) is 4.81. The Morgan fingerprint density at radius 1 is 0.675 bits per heavy atom. The third-order valence-corrected chi connectivity index (χ3v) is 8.59. The molecule has 2 aromatic carbocycles. The number of unbranched alkanes of at least 4 members (excludes halogenated alkanes) is 1. The Bertz CT molecular complexity index is 1650. The number of carbonyl (C=O) groups is 2. The molecule has 6 aromatic rings. The number of aryl methyl sites for hydroxylation is 2. The molecule has 6 rings (SSSR count). The Balaban J connectivity index is 0.928. The summed E-state index contributed by atoms with van der Waals surface area (Å²) in [7, 11) is 0. The highest BCUT2D eigenvalue weighted by Gasteiger charge is 2.14. The number of ketones is 1. The Morgan fingerprint density at radius 2 is 1.27 bits per heavy atom. The molecule has 40 heavy (non-hydrogen) atoms. The van der Waals surface area contributed by atoms with E-state index in [-0.39, 0.29) is 18.1 Å². The van der Waals surface area contributed by atoms with Crippen molar-refractivity contribution in [3.63, 3.8) is 0 Å². The second-order valence-electron chi connectivity index (χ2n) is 9.63. The Morgan fingerprint density at radius 3 is 1.98 bits per heavy atom. The molecule has 3 N–H and O–H groups in total. The van der Waals surface area contributed by atoms with Crippen LogP contribution in [0, 0.1) is 0 Å². The molecule has 0 saturated carbocycles. The summed E-state index contributed by atoms with van der Waals surface area (Å²) < 4.78 is 0. The highest BCUT2D eigenvalue weighted by Crippen LogP contribution is 2.22. The van der Waals surface area contributed by atoms with Crippen molar-refractivity contribution in [2.45, 2.75) is 44.9 Å². The largest absolute Gasteiger partial charge is 0.361 e. The van der Waals surface area contributed by atoms with Crippen LogP contribution in [0.5, 0.6) is 0 Å². The van der Waals surface area contributed by atoms with E-state index in [2.05, 4.69) is 35.7 Å². The van der Waals surface area contributed by atoms with E-state index in [1.165, 1.54) is 22.7 Å². The van der Waals surface area contributed by atoms with E-state index in [9.17, 15) is 9.59 Å². The van der Waals surface area contributed by atoms with Crippen molar-refractivity contribution in [3.05, 3.63) is 87.1 Å². The van der Waals surface area contributed by atoms with E-state index < -0.39 is 0 Å². The van der Waals surface area contributed by atoms with Gasteiger partial charge in [-0.05, 0) is 48.2 Å². The van der Waals surface area contributed by atoms with Gasteiger partial charge in [0.15, 0.2) is 0 Å². The number of hydrogen-bond donors (Lipinski definition) is 3. The topological polar surface area (TPSA) is 129 Å². The van der Waals surface area contributed by atoms with E-state index in [1.807, 2.05) is 60.9 Å². The quantitative estimate of drug-likeness (QED) is 0.168. The van der Waals surface area contributed by atoms with Gasteiger partial charge in [-0.3, -0.25) is 9.59 Å². The van der Waals surface area contributed by atoms with Crippen molar-refractivity contribution in [1.29, 1.82) is 0 Å². The number of aromatic amines is 2. The minimum absolute atomic E-state index is 0.108. The molecular weight excluding hydrogens is 543 g/mol. The average Bonchev–Trinajstić information content (AvgIpc) is 3.75. The standard InChI is InChI=1S/C29H27N7O2S2/c37-20(15-18-5-3-7-23-21(18)11-13-30-23)17-28-35-33-26(39-28)9-1-2-10-27-34-36-29(40-27)32-25(38)16-19-6-4-8-24-22(19)12-14-31-24/h3-8,11-14,30-31H,1-2,9-10,15-17H2,(H,32,36,38). The van der Waals surface area contributed by atoms with Crippen LogP contribution in [-0.2, 0) is 41.7 Å². The van der Waals surface area contributed by atoms with Crippen LogP contribution in [-0.4, -0.2) is 42.1 Å². The lowest BCUT2D eigenvalue weighted by Crippen LogP contribution is -2.14. The summed E-state index contributed by atoms with van der Waals surface area (Å²) in [5.74, 6) is 0.0283. The summed E-state index contributed by atoms with van der Waals surface area (Å²) in [4.78, 5) is 31.6. The zero-order valence-electron chi connectivity index (χ0n) is 21.6. The number of rotatable bonds is 12. The van der Waals surface area contributed by atoms with Crippen LogP contribution >= 0.6 is 22.7 Å². The monoisotopic (exact) mass is 569 g/mol. The highest BCUT2D eigenvalue weighted by atomic mass is 32.1. The van der Waals surface area contributed by atoms with Crippen molar-refractivity contribution < 1.29 is 9.59 Å². The zero-order valence-corrected chi connectivity index (χ0v) is 23.3. The van der Waals surface area contributed by atoms with Crippen LogP contribution < -0.4 is 5.32 Å². The van der Waals surface area contributed by atoms with Gasteiger partial charge in [0.25, 0.3) is 0 Å². The summed E-state index contributed by atoms with van der Waals surface area (Å²) in [6, 6.07) is 15.9. The van der Waals surface area contributed by atoms with Crippen LogP contribution in [0.1, 0.15) is 39.0 Å². The third-order valence-electron chi connectivity index (χ3n) is 6.71. The van der Waals surface area contributed by atoms with Gasteiger partial charge in [-0.1, -0.05) is 35.6 Å². The molecule has 0 saturated heterocycles. The van der Waals surface area contributed by atoms with E-state index in [4.69, 9.17) is 0 Å². The van der Waals surface area contributed by atoms with Crippen LogP contribution in [0.2, 0.25) is 0 Å². The van der Waals surface area contributed by atoms with E-state index in [1.54, 1.807) is 0 Å². The van der Waals surface area contributed by atoms with Gasteiger partial charge in [-0.25, -0.2) is 0 Å². The second-order valence-corrected chi connectivity index (χ2v) is 11.8. The van der Waals surface area contributed by atoms with Crippen LogP contribution in [0.15, 0.2) is 60.9 Å². The number of hydrogen-bond acceptors (Lipinski definition) is 8. The van der Waals surface area contributed by atoms with Gasteiger partial charge < -0.3 is 15.3 Å². The molecule has 4 aromatic heterocycles. The van der Waals surface area contributed by atoms with Crippen molar-refractivity contribution in [2.24, 2.45) is 0 Å². The molecule has 0 aliphatic carbocycles. The molecule has 0 unspecified atom stereocenters. The molecule has 0 aliphatic heterocycles. The smallest absolute Gasteiger partial charge is 0.230 e. The molecule has 9 nitrogen and oxygen atoms in total. The molecule has 0 fully saturated rings. The summed E-state index contributed by atoms with van der Waals surface area (Å²) in [6.07, 6.45) is 8.18. The Labute approximate surface area is 238 Å². The fraction of sp³-hybridized carbons (Fsp3) is 0.241. The Kier molecular flexibility index (Phi) is 7.73. The molecule has 0 bridgehead atoms. The zero-order chi connectivity index (χ0) is 27.3. The number of amides is 1. The number of H-pyrrole nitrogens is 2. The summed E-state index contributed by atoms with van der Waals surface area (Å²) in [6.45, 7) is 0. The van der Waals surface area contributed by atoms with Crippen LogP contribution in [0.3, 0.4) is 0 Å². The first-order chi connectivity index (χ1) is 19.6. The van der Waals surface area contributed by atoms with Gasteiger partial charge in [-0.2, -0.15) is 0 Å². The number of fused-ring (bicyclic) bond motifs is 2. The Hall–Kier alpha value is -4.22. The van der Waals surface area contributed by atoms with Crippen LogP contribution in [0.25, 0.3) is 21.8 Å². The third kappa shape index (κ3) is 6.16. The molecule has 0 radical (unpaired) electrons. The lowest BCUT2D eigenvalue weighted by atomic mass is 10.0. The lowest BCUT2D eigenvalue weighted by Gasteiger charge is -2.03. The van der Waals surface area contributed by atoms with E-state index >= 15 is 0 Å². The predicted octanol–water partition coefficient (Wildman–Crippen LogP) is 5.45. The van der Waals surface area contributed by atoms with Crippen LogP contribution in [0.4, 0.5) is 5.13 Å². The van der Waals surface area contributed by atoms with Crippen molar-refractivity contribution in [3.8, 4) is 0 Å². The first-order valence-corrected chi connectivity index (χ1v) is 14.8. The summed E-state index contributed by atoms with van der Waals surface area (Å²) in [5.41, 5.74) is 4.06. The fourth-order valence-corrected chi connectivity index (χ4v) is 6.52. The average molecular weight is 570 g/mol. The molecule has 11 heteroatoms. The second kappa shape index (κ2) is 11.9. The predicted molar refractivity (Wildman–Crippen MR) is 158 cm³/mol. The van der Waals surface area contributed by atoms with Gasteiger partial charge in [0.05, 0.1) is 12.8 Å². The van der Waals surface area contributed by atoms with Gasteiger partial charge in [-0.15, -0.1) is 31.7 Å².